The first-order valence-electron chi connectivity index (χ1n) is 9.43. The molecule has 1 aromatic rings. The molecule has 0 bridgehead atoms. The number of carbonyl (C=O) groups excluding carboxylic acids is 2. The molecule has 1 fully saturated rings. The average Bonchev–Trinajstić information content (AvgIpc) is 3.01. The molecule has 1 aromatic heterocycles. The fourth-order valence-corrected chi connectivity index (χ4v) is 3.84. The van der Waals surface area contributed by atoms with Crippen molar-refractivity contribution in [3.63, 3.8) is 0 Å². The van der Waals surface area contributed by atoms with Gasteiger partial charge in [-0.1, -0.05) is 25.1 Å². The second-order valence-corrected chi connectivity index (χ2v) is 8.04. The van der Waals surface area contributed by atoms with Gasteiger partial charge in [-0.05, 0) is 18.3 Å². The van der Waals surface area contributed by atoms with E-state index in [4.69, 9.17) is 4.52 Å². The number of nitrogens with zero attached hydrogens (tertiary/aromatic N) is 2. The lowest BCUT2D eigenvalue weighted by Crippen LogP contribution is -2.33. The highest BCUT2D eigenvalue weighted by Gasteiger charge is 2.36. The first-order chi connectivity index (χ1) is 12.8. The Morgan fingerprint density at radius 1 is 1.30 bits per heavy atom. The molecule has 1 saturated carbocycles. The van der Waals surface area contributed by atoms with Gasteiger partial charge in [-0.15, -0.1) is 6.58 Å². The van der Waals surface area contributed by atoms with E-state index in [2.05, 4.69) is 16.7 Å². The number of aliphatic hydroxyl groups excluding tert-OH is 1. The molecule has 6 nitrogen and oxygen atoms in total. The lowest BCUT2D eigenvalue weighted by molar-refractivity contribution is -0.117. The molecule has 0 atom stereocenters. The van der Waals surface area contributed by atoms with Gasteiger partial charge in [0.2, 0.25) is 0 Å². The van der Waals surface area contributed by atoms with Crippen molar-refractivity contribution >= 4 is 17.3 Å². The molecule has 2 aliphatic carbocycles. The van der Waals surface area contributed by atoms with E-state index in [1.807, 2.05) is 13.8 Å². The Kier molecular flexibility index (Phi) is 5.44. The maximum absolute atomic E-state index is 12.7. The van der Waals surface area contributed by atoms with Crippen LogP contribution in [0.1, 0.15) is 67.8 Å². The Balaban J connectivity index is 1.84. The number of aryl methyl sites for hydroxylation is 2. The molecule has 0 amide bonds. The minimum absolute atomic E-state index is 0.0123. The van der Waals surface area contributed by atoms with Gasteiger partial charge in [0, 0.05) is 37.8 Å². The van der Waals surface area contributed by atoms with Gasteiger partial charge in [0.05, 0.1) is 23.4 Å². The Hall–Kier alpha value is -2.50. The van der Waals surface area contributed by atoms with E-state index in [0.29, 0.717) is 67.0 Å². The first-order valence-corrected chi connectivity index (χ1v) is 9.43. The summed E-state index contributed by atoms with van der Waals surface area (Å²) in [5, 5.41) is 14.7. The molecule has 2 aliphatic rings. The number of hydrogen-bond donors (Lipinski definition) is 1. The highest BCUT2D eigenvalue weighted by atomic mass is 16.5. The van der Waals surface area contributed by atoms with Crippen molar-refractivity contribution in [1.29, 1.82) is 0 Å². The third-order valence-corrected chi connectivity index (χ3v) is 5.07. The Morgan fingerprint density at radius 3 is 2.81 bits per heavy atom. The number of hydrogen-bond acceptors (Lipinski definition) is 6. The second-order valence-electron chi connectivity index (χ2n) is 8.04. The zero-order valence-electron chi connectivity index (χ0n) is 16.0. The molecule has 1 heterocycles. The molecule has 1 N–H and O–H groups in total. The summed E-state index contributed by atoms with van der Waals surface area (Å²) in [7, 11) is 0. The largest absolute Gasteiger partial charge is 0.511 e. The number of allylic oxidation sites excluding steroid dienone is 2. The van der Waals surface area contributed by atoms with Crippen LogP contribution in [0, 0.1) is 5.41 Å². The molecule has 0 saturated heterocycles. The van der Waals surface area contributed by atoms with Crippen molar-refractivity contribution in [2.24, 2.45) is 10.4 Å². The molecular weight excluding hydrogens is 344 g/mol. The van der Waals surface area contributed by atoms with Crippen molar-refractivity contribution in [2.45, 2.75) is 58.8 Å². The summed E-state index contributed by atoms with van der Waals surface area (Å²) >= 11 is 0. The number of aromatic nitrogens is 1. The number of aliphatic hydroxyl groups is 1. The number of fused-ring (bicyclic) bond motifs is 1. The highest BCUT2D eigenvalue weighted by Crippen LogP contribution is 2.36. The number of carbonyl (C=O) groups is 2. The van der Waals surface area contributed by atoms with Crippen LogP contribution in [-0.2, 0) is 17.6 Å². The van der Waals surface area contributed by atoms with Gasteiger partial charge < -0.3 is 9.63 Å². The molecule has 0 aromatic carbocycles. The van der Waals surface area contributed by atoms with Gasteiger partial charge in [0.1, 0.15) is 11.5 Å². The molecule has 6 heteroatoms. The van der Waals surface area contributed by atoms with Crippen molar-refractivity contribution in [3.8, 4) is 0 Å². The van der Waals surface area contributed by atoms with Gasteiger partial charge in [0.25, 0.3) is 0 Å². The predicted octanol–water partition coefficient (Wildman–Crippen LogP) is 3.95. The van der Waals surface area contributed by atoms with E-state index in [9.17, 15) is 14.7 Å². The summed E-state index contributed by atoms with van der Waals surface area (Å²) in [6.45, 7) is 8.12. The fraction of sp³-hybridized carbons (Fsp3) is 0.524. The molecule has 0 aliphatic heterocycles. The van der Waals surface area contributed by atoms with Gasteiger partial charge in [-0.2, -0.15) is 0 Å². The zero-order chi connectivity index (χ0) is 19.6. The van der Waals surface area contributed by atoms with Crippen LogP contribution in [0.25, 0.3) is 0 Å². The molecule has 3 rings (SSSR count). The van der Waals surface area contributed by atoms with Gasteiger partial charge >= 0.3 is 0 Å². The lowest BCUT2D eigenvalue weighted by Gasteiger charge is -2.31. The summed E-state index contributed by atoms with van der Waals surface area (Å²) in [6.07, 6.45) is 5.24. The van der Waals surface area contributed by atoms with E-state index < -0.39 is 0 Å². The third kappa shape index (κ3) is 4.10. The predicted molar refractivity (Wildman–Crippen MR) is 102 cm³/mol. The maximum Gasteiger partial charge on any atom is 0.168 e. The minimum atomic E-state index is -0.182. The number of rotatable bonds is 5. The topological polar surface area (TPSA) is 92.8 Å². The van der Waals surface area contributed by atoms with Crippen molar-refractivity contribution in [2.75, 3.05) is 6.54 Å². The van der Waals surface area contributed by atoms with Gasteiger partial charge in [0.15, 0.2) is 11.6 Å². The first kappa shape index (κ1) is 19.3. The molecule has 0 unspecified atom stereocenters. The summed E-state index contributed by atoms with van der Waals surface area (Å²) in [5.74, 6) is 0.601. The maximum atomic E-state index is 12.7. The Morgan fingerprint density at radius 2 is 2.07 bits per heavy atom. The van der Waals surface area contributed by atoms with Crippen LogP contribution in [0.4, 0.5) is 0 Å². The monoisotopic (exact) mass is 370 g/mol. The lowest BCUT2D eigenvalue weighted by atomic mass is 9.73. The third-order valence-electron chi connectivity index (χ3n) is 5.07. The van der Waals surface area contributed by atoms with Gasteiger partial charge in [-0.25, -0.2) is 0 Å². The van der Waals surface area contributed by atoms with E-state index in [-0.39, 0.29) is 29.2 Å². The van der Waals surface area contributed by atoms with E-state index in [1.165, 1.54) is 0 Å². The molecular formula is C21H26N2O4. The Labute approximate surface area is 159 Å². The summed E-state index contributed by atoms with van der Waals surface area (Å²) in [4.78, 5) is 29.3. The zero-order valence-corrected chi connectivity index (χ0v) is 16.0. The highest BCUT2D eigenvalue weighted by molar-refractivity contribution is 6.24. The number of Topliss-reactive ketones (excluding diaryl/α,β-unsaturated/α-hetero) is 2. The Bertz CT molecular complexity index is 842. The van der Waals surface area contributed by atoms with Crippen LogP contribution in [0.15, 0.2) is 33.5 Å². The van der Waals surface area contributed by atoms with Crippen molar-refractivity contribution < 1.29 is 19.2 Å². The van der Waals surface area contributed by atoms with Crippen LogP contribution >= 0.6 is 0 Å². The minimum Gasteiger partial charge on any atom is -0.511 e. The molecule has 144 valence electrons. The summed E-state index contributed by atoms with van der Waals surface area (Å²) in [6, 6.07) is 0. The average molecular weight is 370 g/mol. The van der Waals surface area contributed by atoms with Crippen LogP contribution in [0.3, 0.4) is 0 Å². The molecule has 0 radical (unpaired) electrons. The smallest absolute Gasteiger partial charge is 0.168 e. The SMILES string of the molecule is C=CCN=C1CC(C)(C)CC(=O)C1=C(O)CCc1noc2c1C(=O)CCC2. The molecule has 0 spiro atoms. The van der Waals surface area contributed by atoms with Crippen LogP contribution in [0.2, 0.25) is 0 Å². The molecule has 27 heavy (non-hydrogen) atoms. The van der Waals surface area contributed by atoms with Crippen LogP contribution in [-0.4, -0.2) is 34.1 Å². The van der Waals surface area contributed by atoms with Gasteiger partial charge in [-0.3, -0.25) is 14.6 Å². The van der Waals surface area contributed by atoms with Crippen molar-refractivity contribution in [3.05, 3.63) is 41.0 Å². The number of ketones is 2. The summed E-state index contributed by atoms with van der Waals surface area (Å²) in [5.41, 5.74) is 1.90. The van der Waals surface area contributed by atoms with E-state index >= 15 is 0 Å². The quantitative estimate of drug-likeness (QED) is 0.481. The van der Waals surface area contributed by atoms with Crippen molar-refractivity contribution in [1.82, 2.24) is 5.16 Å². The second kappa shape index (κ2) is 7.62. The standard InChI is InChI=1S/C21H26N2O4/c1-4-10-22-14-11-21(2,3)12-17(26)19(14)16(25)9-8-13-20-15(24)6-5-7-18(20)27-23-13/h4,25H,1,5-12H2,2-3H3. The van der Waals surface area contributed by atoms with Crippen LogP contribution in [0.5, 0.6) is 0 Å². The normalized spacial score (nSPS) is 22.7. The van der Waals surface area contributed by atoms with Crippen LogP contribution < -0.4 is 0 Å². The van der Waals surface area contributed by atoms with E-state index in [0.717, 1.165) is 6.42 Å². The number of aliphatic imine (C=N–C) groups is 1. The van der Waals surface area contributed by atoms with E-state index in [1.54, 1.807) is 6.08 Å². The fourth-order valence-electron chi connectivity index (χ4n) is 3.84. The summed E-state index contributed by atoms with van der Waals surface area (Å²) < 4.78 is 5.29.